The highest BCUT2D eigenvalue weighted by Crippen LogP contribution is 2.35. The Labute approximate surface area is 156 Å². The molecular formula is C19H19F2NO4S. The standard InChI is InChI=1S/C19H19F2NO4S/c20-19(21)26-16-8-4-5-14(13-16)9-10-18(23)22-12-11-17(27(22,24)25)15-6-2-1-3-7-15/h1-8,13,17,19H,9-12H2. The van der Waals surface area contributed by atoms with Gasteiger partial charge in [0.15, 0.2) is 0 Å². The van der Waals surface area contributed by atoms with E-state index in [9.17, 15) is 22.0 Å². The van der Waals surface area contributed by atoms with Crippen LogP contribution in [0.2, 0.25) is 0 Å². The van der Waals surface area contributed by atoms with Gasteiger partial charge in [-0.2, -0.15) is 8.78 Å². The minimum absolute atomic E-state index is 0.00730. The van der Waals surface area contributed by atoms with Crippen LogP contribution < -0.4 is 4.74 Å². The molecule has 0 aromatic heterocycles. The number of aryl methyl sites for hydroxylation is 1. The predicted octanol–water partition coefficient (Wildman–Crippen LogP) is 3.52. The summed E-state index contributed by atoms with van der Waals surface area (Å²) in [4.78, 5) is 12.5. The summed E-state index contributed by atoms with van der Waals surface area (Å²) in [5, 5.41) is -0.717. The molecule has 1 saturated heterocycles. The van der Waals surface area contributed by atoms with E-state index in [2.05, 4.69) is 4.74 Å². The topological polar surface area (TPSA) is 63.7 Å². The number of carbonyl (C=O) groups excluding carboxylic acids is 1. The molecule has 1 fully saturated rings. The Morgan fingerprint density at radius 1 is 1.15 bits per heavy atom. The molecule has 0 aliphatic carbocycles. The van der Waals surface area contributed by atoms with Crippen molar-refractivity contribution < 1.29 is 26.7 Å². The largest absolute Gasteiger partial charge is 0.435 e. The number of alkyl halides is 2. The summed E-state index contributed by atoms with van der Waals surface area (Å²) in [6.45, 7) is -2.78. The Morgan fingerprint density at radius 2 is 1.89 bits per heavy atom. The van der Waals surface area contributed by atoms with Crippen molar-refractivity contribution in [2.24, 2.45) is 0 Å². The third-order valence-corrected chi connectivity index (χ3v) is 6.69. The average molecular weight is 395 g/mol. The predicted molar refractivity (Wildman–Crippen MR) is 95.8 cm³/mol. The normalized spacial score (nSPS) is 18.6. The molecule has 0 saturated carbocycles. The van der Waals surface area contributed by atoms with Crippen LogP contribution in [0.4, 0.5) is 8.78 Å². The van der Waals surface area contributed by atoms with Gasteiger partial charge in [0.05, 0.1) is 0 Å². The maximum atomic E-state index is 12.7. The third kappa shape index (κ3) is 4.44. The van der Waals surface area contributed by atoms with E-state index in [0.717, 1.165) is 4.31 Å². The lowest BCUT2D eigenvalue weighted by Crippen LogP contribution is -2.33. The number of ether oxygens (including phenoxy) is 1. The van der Waals surface area contributed by atoms with Crippen LogP contribution in [-0.4, -0.2) is 31.8 Å². The first-order valence-electron chi connectivity index (χ1n) is 8.51. The Hall–Kier alpha value is -2.48. The van der Waals surface area contributed by atoms with Crippen LogP contribution in [0.1, 0.15) is 29.2 Å². The molecule has 0 N–H and O–H groups in total. The molecule has 1 heterocycles. The van der Waals surface area contributed by atoms with Crippen molar-refractivity contribution in [1.29, 1.82) is 0 Å². The van der Waals surface area contributed by atoms with Crippen molar-refractivity contribution in [3.05, 3.63) is 65.7 Å². The van der Waals surface area contributed by atoms with E-state index in [1.807, 2.05) is 0 Å². The summed E-state index contributed by atoms with van der Waals surface area (Å²) in [5.74, 6) is -0.485. The molecular weight excluding hydrogens is 376 g/mol. The molecule has 1 atom stereocenters. The zero-order valence-electron chi connectivity index (χ0n) is 14.4. The van der Waals surface area contributed by atoms with E-state index < -0.39 is 27.8 Å². The molecule has 1 aliphatic heterocycles. The lowest BCUT2D eigenvalue weighted by Gasteiger charge is -2.17. The van der Waals surface area contributed by atoms with Gasteiger partial charge < -0.3 is 4.74 Å². The molecule has 0 bridgehead atoms. The van der Waals surface area contributed by atoms with Crippen LogP contribution >= 0.6 is 0 Å². The zero-order valence-corrected chi connectivity index (χ0v) is 15.2. The average Bonchev–Trinajstić information content (AvgIpc) is 2.95. The Balaban J connectivity index is 1.65. The van der Waals surface area contributed by atoms with E-state index >= 15 is 0 Å². The molecule has 27 heavy (non-hydrogen) atoms. The first-order chi connectivity index (χ1) is 12.9. The number of sulfonamides is 1. The van der Waals surface area contributed by atoms with Crippen LogP contribution in [0.3, 0.4) is 0 Å². The van der Waals surface area contributed by atoms with Gasteiger partial charge in [-0.25, -0.2) is 12.7 Å². The van der Waals surface area contributed by atoms with Crippen molar-refractivity contribution in [3.63, 3.8) is 0 Å². The molecule has 2 aromatic rings. The van der Waals surface area contributed by atoms with Gasteiger partial charge in [0, 0.05) is 13.0 Å². The van der Waals surface area contributed by atoms with E-state index in [0.29, 0.717) is 17.5 Å². The lowest BCUT2D eigenvalue weighted by molar-refractivity contribution is -0.126. The quantitative estimate of drug-likeness (QED) is 0.751. The molecule has 8 heteroatoms. The summed E-state index contributed by atoms with van der Waals surface area (Å²) in [7, 11) is -3.75. The van der Waals surface area contributed by atoms with Crippen LogP contribution in [0.5, 0.6) is 5.75 Å². The number of amides is 1. The maximum Gasteiger partial charge on any atom is 0.387 e. The summed E-state index contributed by atoms with van der Waals surface area (Å²) in [6, 6.07) is 14.9. The summed E-state index contributed by atoms with van der Waals surface area (Å²) < 4.78 is 55.3. The second kappa shape index (κ2) is 8.04. The number of nitrogens with zero attached hydrogens (tertiary/aromatic N) is 1. The second-order valence-corrected chi connectivity index (χ2v) is 8.26. The first-order valence-corrected chi connectivity index (χ1v) is 10.0. The summed E-state index contributed by atoms with van der Waals surface area (Å²) in [5.41, 5.74) is 1.29. The van der Waals surface area contributed by atoms with Gasteiger partial charge in [-0.15, -0.1) is 0 Å². The van der Waals surface area contributed by atoms with Gasteiger partial charge in [0.2, 0.25) is 15.9 Å². The van der Waals surface area contributed by atoms with Crippen molar-refractivity contribution in [2.45, 2.75) is 31.1 Å². The number of hydrogen-bond donors (Lipinski definition) is 0. The molecule has 144 valence electrons. The lowest BCUT2D eigenvalue weighted by atomic mass is 10.1. The highest BCUT2D eigenvalue weighted by Gasteiger charge is 2.42. The van der Waals surface area contributed by atoms with Gasteiger partial charge >= 0.3 is 6.61 Å². The number of carbonyl (C=O) groups is 1. The fourth-order valence-electron chi connectivity index (χ4n) is 3.19. The van der Waals surface area contributed by atoms with E-state index in [1.54, 1.807) is 42.5 Å². The monoisotopic (exact) mass is 395 g/mol. The van der Waals surface area contributed by atoms with Gasteiger partial charge in [0.25, 0.3) is 0 Å². The second-order valence-electron chi connectivity index (χ2n) is 6.22. The SMILES string of the molecule is O=C(CCc1cccc(OC(F)F)c1)N1CCC(c2ccccc2)S1(=O)=O. The fourth-order valence-corrected chi connectivity index (χ4v) is 5.14. The van der Waals surface area contributed by atoms with Crippen LogP contribution in [0.25, 0.3) is 0 Å². The van der Waals surface area contributed by atoms with Crippen molar-refractivity contribution >= 4 is 15.9 Å². The number of halogens is 2. The van der Waals surface area contributed by atoms with E-state index in [4.69, 9.17) is 0 Å². The molecule has 5 nitrogen and oxygen atoms in total. The van der Waals surface area contributed by atoms with Crippen LogP contribution in [-0.2, 0) is 21.2 Å². The molecule has 1 amide bonds. The molecule has 0 radical (unpaired) electrons. The Bertz CT molecular complexity index is 903. The third-order valence-electron chi connectivity index (χ3n) is 4.46. The van der Waals surface area contributed by atoms with Crippen molar-refractivity contribution in [1.82, 2.24) is 4.31 Å². The number of hydrogen-bond acceptors (Lipinski definition) is 4. The highest BCUT2D eigenvalue weighted by atomic mass is 32.2. The minimum Gasteiger partial charge on any atom is -0.435 e. The van der Waals surface area contributed by atoms with Gasteiger partial charge in [0.1, 0.15) is 11.0 Å². The van der Waals surface area contributed by atoms with E-state index in [1.165, 1.54) is 12.1 Å². The van der Waals surface area contributed by atoms with Crippen molar-refractivity contribution in [3.8, 4) is 5.75 Å². The van der Waals surface area contributed by atoms with Gasteiger partial charge in [-0.3, -0.25) is 4.79 Å². The highest BCUT2D eigenvalue weighted by molar-refractivity contribution is 7.90. The summed E-state index contributed by atoms with van der Waals surface area (Å²) >= 11 is 0. The molecule has 1 unspecified atom stereocenters. The molecule has 1 aliphatic rings. The number of rotatable bonds is 6. The van der Waals surface area contributed by atoms with Crippen LogP contribution in [0.15, 0.2) is 54.6 Å². The smallest absolute Gasteiger partial charge is 0.387 e. The Kier molecular flexibility index (Phi) is 5.74. The Morgan fingerprint density at radius 3 is 2.59 bits per heavy atom. The zero-order chi connectivity index (χ0) is 19.4. The van der Waals surface area contributed by atoms with Crippen molar-refractivity contribution in [2.75, 3.05) is 6.54 Å². The summed E-state index contributed by atoms with van der Waals surface area (Å²) in [6.07, 6.45) is 0.565. The number of benzene rings is 2. The van der Waals surface area contributed by atoms with Crippen LogP contribution in [0, 0.1) is 0 Å². The minimum atomic E-state index is -3.75. The van der Waals surface area contributed by atoms with E-state index in [-0.39, 0.29) is 25.1 Å². The fraction of sp³-hybridized carbons (Fsp3) is 0.316. The van der Waals surface area contributed by atoms with Gasteiger partial charge in [-0.05, 0) is 36.1 Å². The molecule has 0 spiro atoms. The molecule has 3 rings (SSSR count). The molecule has 2 aromatic carbocycles. The maximum absolute atomic E-state index is 12.7. The van der Waals surface area contributed by atoms with Gasteiger partial charge in [-0.1, -0.05) is 42.5 Å². The first kappa shape index (κ1) is 19.3.